The summed E-state index contributed by atoms with van der Waals surface area (Å²) in [6, 6.07) is 23.5. The van der Waals surface area contributed by atoms with E-state index >= 15 is 0 Å². The minimum atomic E-state index is -1.04. The smallest absolute Gasteiger partial charge is 0.410 e. The van der Waals surface area contributed by atoms with Crippen LogP contribution < -0.4 is 20.7 Å². The number of ether oxygens (including phenoxy) is 1. The number of aliphatic hydroxyl groups is 2. The lowest BCUT2D eigenvalue weighted by Gasteiger charge is -2.26. The fourth-order valence-electron chi connectivity index (χ4n) is 4.89. The fourth-order valence-corrected chi connectivity index (χ4v) is 5.08. The number of aliphatic hydroxyl groups excluding tert-OH is 2. The van der Waals surface area contributed by atoms with Crippen LogP contribution in [0.5, 0.6) is 5.75 Å². The first-order valence-electron chi connectivity index (χ1n) is 17.6. The minimum absolute atomic E-state index is 0. The summed E-state index contributed by atoms with van der Waals surface area (Å²) in [5.41, 5.74) is 2.11. The van der Waals surface area contributed by atoms with Crippen molar-refractivity contribution in [3.8, 4) is 5.75 Å². The van der Waals surface area contributed by atoms with Crippen LogP contribution in [0.4, 0.5) is 28.4 Å². The lowest BCUT2D eigenvalue weighted by molar-refractivity contribution is -0.384. The van der Waals surface area contributed by atoms with Crippen molar-refractivity contribution in [2.75, 3.05) is 27.3 Å². The predicted octanol–water partition coefficient (Wildman–Crippen LogP) is 6.21. The number of amides is 3. The Balaban J connectivity index is 0.000000465. The van der Waals surface area contributed by atoms with Crippen molar-refractivity contribution in [2.24, 2.45) is 0 Å². The van der Waals surface area contributed by atoms with Crippen molar-refractivity contribution in [3.05, 3.63) is 165 Å². The summed E-state index contributed by atoms with van der Waals surface area (Å²) in [5, 5.41) is 36.8. The van der Waals surface area contributed by atoms with Crippen LogP contribution in [0.1, 0.15) is 22.5 Å². The maximum Gasteiger partial charge on any atom is 0.412 e. The number of aromatic nitrogens is 2. The van der Waals surface area contributed by atoms with Gasteiger partial charge in [0.05, 0.1) is 29.2 Å². The SMILES string of the molecule is CN(C(=O)NCc1cccc(F)c1Cl)[C@H](CO)Cc1ccccn1.CN[C@H](CO)Cc1ccccn1.O=C(NCc1cccc(F)c1F)Oc1ccc([N+](=O)[O-])cc1.S.S. The molecule has 3 aromatic carbocycles. The molecule has 324 valence electrons. The first-order chi connectivity index (χ1) is 27.9. The van der Waals surface area contributed by atoms with Crippen LogP contribution in [0, 0.1) is 27.6 Å². The largest absolute Gasteiger partial charge is 0.412 e. The van der Waals surface area contributed by atoms with E-state index in [9.17, 15) is 38.0 Å². The average molecular weight is 894 g/mol. The minimum Gasteiger partial charge on any atom is -0.410 e. The maximum absolute atomic E-state index is 13.4. The molecule has 0 saturated heterocycles. The summed E-state index contributed by atoms with van der Waals surface area (Å²) in [7, 11) is 3.43. The molecule has 5 N–H and O–H groups in total. The molecule has 5 aromatic rings. The third-order valence-corrected chi connectivity index (χ3v) is 8.66. The van der Waals surface area contributed by atoms with Gasteiger partial charge in [-0.15, -0.1) is 0 Å². The summed E-state index contributed by atoms with van der Waals surface area (Å²) in [6.45, 7) is -0.203. The van der Waals surface area contributed by atoms with Crippen molar-refractivity contribution in [3.63, 3.8) is 0 Å². The zero-order valence-electron chi connectivity index (χ0n) is 32.5. The third kappa shape index (κ3) is 17.8. The molecule has 0 aliphatic carbocycles. The van der Waals surface area contributed by atoms with Gasteiger partial charge in [0.1, 0.15) is 11.6 Å². The van der Waals surface area contributed by atoms with E-state index in [4.69, 9.17) is 21.4 Å². The van der Waals surface area contributed by atoms with Gasteiger partial charge < -0.3 is 35.8 Å². The molecule has 0 radical (unpaired) electrons. The molecule has 0 fully saturated rings. The summed E-state index contributed by atoms with van der Waals surface area (Å²) < 4.78 is 44.6. The van der Waals surface area contributed by atoms with E-state index in [1.54, 1.807) is 31.6 Å². The monoisotopic (exact) mass is 893 g/mol. The Morgan fingerprint density at radius 3 is 1.90 bits per heavy atom. The number of benzene rings is 3. The van der Waals surface area contributed by atoms with E-state index in [-0.39, 0.29) is 87.4 Å². The predicted molar refractivity (Wildman–Crippen MR) is 231 cm³/mol. The second-order valence-electron chi connectivity index (χ2n) is 12.2. The van der Waals surface area contributed by atoms with Gasteiger partial charge in [-0.05, 0) is 61.1 Å². The van der Waals surface area contributed by atoms with E-state index < -0.39 is 34.5 Å². The highest BCUT2D eigenvalue weighted by atomic mass is 35.5. The normalized spacial score (nSPS) is 11.0. The van der Waals surface area contributed by atoms with Crippen LogP contribution in [0.15, 0.2) is 109 Å². The lowest BCUT2D eigenvalue weighted by atomic mass is 10.1. The number of urea groups is 1. The molecular formula is C40H47ClF3N7O7S2. The molecule has 0 spiro atoms. The van der Waals surface area contributed by atoms with E-state index in [0.29, 0.717) is 12.0 Å². The lowest BCUT2D eigenvalue weighted by Crippen LogP contribution is -2.46. The topological polar surface area (TPSA) is 192 Å². The van der Waals surface area contributed by atoms with Crippen LogP contribution in [0.3, 0.4) is 0 Å². The molecule has 0 aliphatic heterocycles. The Hall–Kier alpha value is -5.44. The van der Waals surface area contributed by atoms with Crippen LogP contribution in [-0.4, -0.2) is 81.5 Å². The van der Waals surface area contributed by atoms with Gasteiger partial charge in [0.15, 0.2) is 11.6 Å². The van der Waals surface area contributed by atoms with E-state index in [1.165, 1.54) is 53.4 Å². The van der Waals surface area contributed by atoms with Crippen LogP contribution in [-0.2, 0) is 25.9 Å². The second kappa shape index (κ2) is 28.1. The van der Waals surface area contributed by atoms with Crippen molar-refractivity contribution in [2.45, 2.75) is 38.0 Å². The molecule has 2 atom stereocenters. The number of nitro benzene ring substituents is 1. The van der Waals surface area contributed by atoms with E-state index in [0.717, 1.165) is 23.9 Å². The number of pyridine rings is 2. The quantitative estimate of drug-likeness (QED) is 0.0633. The highest BCUT2D eigenvalue weighted by Crippen LogP contribution is 2.20. The van der Waals surface area contributed by atoms with Gasteiger partial charge in [0.2, 0.25) is 0 Å². The van der Waals surface area contributed by atoms with Gasteiger partial charge in [-0.1, -0.05) is 48.0 Å². The van der Waals surface area contributed by atoms with Gasteiger partial charge in [-0.25, -0.2) is 22.8 Å². The number of carbonyl (C=O) groups is 2. The first-order valence-corrected chi connectivity index (χ1v) is 18.0. The number of hydrogen-bond donors (Lipinski definition) is 5. The molecule has 2 heterocycles. The molecule has 60 heavy (non-hydrogen) atoms. The van der Waals surface area contributed by atoms with Crippen LogP contribution >= 0.6 is 38.6 Å². The number of hydrogen-bond acceptors (Lipinski definition) is 10. The average Bonchev–Trinajstić information content (AvgIpc) is 3.24. The Labute approximate surface area is 364 Å². The molecule has 3 amide bonds. The molecule has 14 nitrogen and oxygen atoms in total. The van der Waals surface area contributed by atoms with Crippen molar-refractivity contribution in [1.82, 2.24) is 30.8 Å². The highest BCUT2D eigenvalue weighted by molar-refractivity contribution is 7.59. The number of nitro groups is 1. The molecule has 0 aliphatic rings. The van der Waals surface area contributed by atoms with Gasteiger partial charge >= 0.3 is 12.1 Å². The van der Waals surface area contributed by atoms with Gasteiger partial charge in [0, 0.05) is 80.5 Å². The van der Waals surface area contributed by atoms with Gasteiger partial charge in [-0.2, -0.15) is 27.0 Å². The number of nitrogens with zero attached hydrogens (tertiary/aromatic N) is 4. The van der Waals surface area contributed by atoms with Gasteiger partial charge in [-0.3, -0.25) is 20.1 Å². The molecule has 20 heteroatoms. The third-order valence-electron chi connectivity index (χ3n) is 8.23. The first kappa shape index (κ1) is 52.6. The van der Waals surface area contributed by atoms with E-state index in [2.05, 4.69) is 25.9 Å². The summed E-state index contributed by atoms with van der Waals surface area (Å²) in [5.74, 6) is -2.50. The number of likely N-dealkylation sites (N-methyl/N-ethyl adjacent to an activating group) is 2. The Kier molecular flexibility index (Phi) is 24.6. The zero-order chi connectivity index (χ0) is 42.5. The summed E-state index contributed by atoms with van der Waals surface area (Å²) >= 11 is 5.87. The Bertz CT molecular complexity index is 2050. The number of nitrogens with one attached hydrogen (secondary N) is 3. The molecule has 2 aromatic heterocycles. The van der Waals surface area contributed by atoms with Crippen LogP contribution in [0.2, 0.25) is 5.02 Å². The molecule has 5 rings (SSSR count). The standard InChI is InChI=1S/C17H19ClFN3O2.C14H10F2N2O4.C9H14N2O.2H2S/c1-22(14(11-23)9-13-6-2-3-8-20-13)17(24)21-10-12-5-4-7-15(19)16(12)18;15-12-3-1-2-9(13(12)16)8-17-14(19)22-11-6-4-10(5-7-11)18(20)21;1-10-9(7-12)6-8-4-2-3-5-11-8;;/h2-8,14,23H,9-11H2,1H3,(H,21,24);1-7H,8H2,(H,17,19);2-5,9-10,12H,6-7H2,1H3;2*1H2/t14-;;9-;;/m0.0../s1. The summed E-state index contributed by atoms with van der Waals surface area (Å²) in [4.78, 5) is 43.4. The molecule has 0 bridgehead atoms. The second-order valence-corrected chi connectivity index (χ2v) is 12.6. The molecular weight excluding hydrogens is 847 g/mol. The number of halogens is 4. The molecule has 0 saturated carbocycles. The van der Waals surface area contributed by atoms with Gasteiger partial charge in [0.25, 0.3) is 5.69 Å². The highest BCUT2D eigenvalue weighted by Gasteiger charge is 2.20. The zero-order valence-corrected chi connectivity index (χ0v) is 35.3. The number of non-ortho nitro benzene ring substituents is 1. The number of rotatable bonds is 14. The van der Waals surface area contributed by atoms with Crippen LogP contribution in [0.25, 0.3) is 0 Å². The molecule has 0 unspecified atom stereocenters. The van der Waals surface area contributed by atoms with E-state index in [1.807, 2.05) is 37.4 Å². The van der Waals surface area contributed by atoms with Crippen molar-refractivity contribution < 1.29 is 42.6 Å². The number of carbonyl (C=O) groups excluding carboxylic acids is 2. The maximum atomic E-state index is 13.4. The Morgan fingerprint density at radius 1 is 0.800 bits per heavy atom. The Morgan fingerprint density at radius 2 is 1.37 bits per heavy atom. The van der Waals surface area contributed by atoms with Crippen molar-refractivity contribution >= 4 is 56.4 Å². The van der Waals surface area contributed by atoms with Crippen molar-refractivity contribution in [1.29, 1.82) is 0 Å². The summed E-state index contributed by atoms with van der Waals surface area (Å²) in [6.07, 6.45) is 3.74. The fraction of sp³-hybridized carbons (Fsp3) is 0.250.